The summed E-state index contributed by atoms with van der Waals surface area (Å²) in [5, 5.41) is 5.62. The number of esters is 1. The van der Waals surface area contributed by atoms with E-state index in [4.69, 9.17) is 9.47 Å². The van der Waals surface area contributed by atoms with E-state index in [0.29, 0.717) is 38.3 Å². The number of rotatable bonds is 7. The molecule has 0 N–H and O–H groups in total. The maximum atomic E-state index is 12.3. The van der Waals surface area contributed by atoms with Crippen molar-refractivity contribution < 1.29 is 19.1 Å². The predicted octanol–water partition coefficient (Wildman–Crippen LogP) is 2.67. The van der Waals surface area contributed by atoms with Crippen molar-refractivity contribution in [2.24, 2.45) is 5.92 Å². The molecule has 7 nitrogen and oxygen atoms in total. The zero-order valence-electron chi connectivity index (χ0n) is 16.8. The van der Waals surface area contributed by atoms with Gasteiger partial charge in [0.25, 0.3) is 0 Å². The second kappa shape index (κ2) is 9.02. The summed E-state index contributed by atoms with van der Waals surface area (Å²) in [7, 11) is 2.62. The molecule has 30 heavy (non-hydrogen) atoms. The molecule has 3 heterocycles. The molecule has 2 unspecified atom stereocenters. The van der Waals surface area contributed by atoms with Gasteiger partial charge in [-0.15, -0.1) is 9.24 Å². The maximum absolute atomic E-state index is 12.3. The lowest BCUT2D eigenvalue weighted by molar-refractivity contribution is -0.117. The molecule has 0 radical (unpaired) electrons. The van der Waals surface area contributed by atoms with Crippen molar-refractivity contribution in [2.75, 3.05) is 19.8 Å². The van der Waals surface area contributed by atoms with E-state index in [0.717, 1.165) is 22.3 Å². The van der Waals surface area contributed by atoms with Crippen LogP contribution in [-0.2, 0) is 27.2 Å². The molecule has 0 amide bonds. The van der Waals surface area contributed by atoms with Crippen LogP contribution < -0.4 is 0 Å². The highest BCUT2D eigenvalue weighted by atomic mass is 31.0. The normalized spacial score (nSPS) is 18.8. The molecular weight excluding hydrogens is 401 g/mol. The molecule has 2 aromatic rings. The molecule has 1 saturated heterocycles. The van der Waals surface area contributed by atoms with Gasteiger partial charge in [-0.2, -0.15) is 5.10 Å². The van der Waals surface area contributed by atoms with Crippen molar-refractivity contribution in [2.45, 2.75) is 25.8 Å². The third kappa shape index (κ3) is 4.58. The molecule has 1 fully saturated rings. The van der Waals surface area contributed by atoms with Crippen LogP contribution in [0.4, 0.5) is 0 Å². The summed E-state index contributed by atoms with van der Waals surface area (Å²) in [5.74, 6) is -0.302. The fourth-order valence-electron chi connectivity index (χ4n) is 3.49. The quantitative estimate of drug-likeness (QED) is 0.501. The Morgan fingerprint density at radius 2 is 2.17 bits per heavy atom. The van der Waals surface area contributed by atoms with Gasteiger partial charge in [0, 0.05) is 30.4 Å². The summed E-state index contributed by atoms with van der Waals surface area (Å²) < 4.78 is 12.2. The third-order valence-corrected chi connectivity index (χ3v) is 5.55. The van der Waals surface area contributed by atoms with E-state index in [2.05, 4.69) is 19.3 Å². The summed E-state index contributed by atoms with van der Waals surface area (Å²) in [6, 6.07) is 3.92. The average Bonchev–Trinajstić information content (AvgIpc) is 3.08. The fourth-order valence-corrected chi connectivity index (χ4v) is 3.82. The smallest absolute Gasteiger partial charge is 0.341 e. The largest absolute Gasteiger partial charge is 0.462 e. The van der Waals surface area contributed by atoms with Crippen LogP contribution >= 0.6 is 9.24 Å². The minimum Gasteiger partial charge on any atom is -0.462 e. The number of hydrogen-bond donors (Lipinski definition) is 0. The Kier molecular flexibility index (Phi) is 6.21. The highest BCUT2D eigenvalue weighted by Crippen LogP contribution is 2.27. The monoisotopic (exact) mass is 425 g/mol. The van der Waals surface area contributed by atoms with Crippen LogP contribution in [-0.4, -0.2) is 46.3 Å². The first-order chi connectivity index (χ1) is 14.5. The molecule has 0 aromatic carbocycles. The van der Waals surface area contributed by atoms with Gasteiger partial charge >= 0.3 is 5.97 Å². The SMILES string of the molecule is CCOC(=O)c1cn(Cc2ccc(CC3C=C(P)C=CC3=O)nc2)nc1C1COC1. The first kappa shape index (κ1) is 20.6. The predicted molar refractivity (Wildman–Crippen MR) is 114 cm³/mol. The molecule has 2 aromatic heterocycles. The second-order valence-corrected chi connectivity index (χ2v) is 8.12. The number of ether oxygens (including phenoxy) is 2. The maximum Gasteiger partial charge on any atom is 0.341 e. The van der Waals surface area contributed by atoms with Crippen LogP contribution in [0.25, 0.3) is 0 Å². The van der Waals surface area contributed by atoms with E-state index in [9.17, 15) is 9.59 Å². The zero-order chi connectivity index (χ0) is 21.1. The summed E-state index contributed by atoms with van der Waals surface area (Å²) in [4.78, 5) is 28.9. The summed E-state index contributed by atoms with van der Waals surface area (Å²) in [6.07, 6.45) is 9.47. The number of hydrogen-bond acceptors (Lipinski definition) is 6. The van der Waals surface area contributed by atoms with Crippen molar-refractivity contribution >= 4 is 21.0 Å². The van der Waals surface area contributed by atoms with Crippen molar-refractivity contribution in [3.05, 3.63) is 70.6 Å². The van der Waals surface area contributed by atoms with E-state index >= 15 is 0 Å². The Balaban J connectivity index is 1.46. The molecule has 0 saturated carbocycles. The highest BCUT2D eigenvalue weighted by Gasteiger charge is 2.29. The van der Waals surface area contributed by atoms with Crippen LogP contribution in [0.5, 0.6) is 0 Å². The van der Waals surface area contributed by atoms with Crippen LogP contribution in [0.1, 0.15) is 40.2 Å². The lowest BCUT2D eigenvalue weighted by atomic mass is 9.94. The summed E-state index contributed by atoms with van der Waals surface area (Å²) >= 11 is 0. The van der Waals surface area contributed by atoms with E-state index in [1.165, 1.54) is 0 Å². The van der Waals surface area contributed by atoms with Gasteiger partial charge in [-0.3, -0.25) is 14.5 Å². The molecule has 4 rings (SSSR count). The minimum absolute atomic E-state index is 0.0996. The average molecular weight is 425 g/mol. The molecule has 2 atom stereocenters. The van der Waals surface area contributed by atoms with Crippen LogP contribution in [0, 0.1) is 5.92 Å². The number of pyridine rings is 1. The zero-order valence-corrected chi connectivity index (χ0v) is 17.9. The number of allylic oxidation sites excluding steroid dienone is 4. The Labute approximate surface area is 177 Å². The van der Waals surface area contributed by atoms with Gasteiger partial charge in [-0.25, -0.2) is 4.79 Å². The Bertz CT molecular complexity index is 1010. The lowest BCUT2D eigenvalue weighted by Crippen LogP contribution is -2.27. The fraction of sp³-hybridized carbons (Fsp3) is 0.364. The molecular formula is C22H24N3O4P. The highest BCUT2D eigenvalue weighted by molar-refractivity contribution is 7.23. The van der Waals surface area contributed by atoms with E-state index in [1.807, 2.05) is 18.2 Å². The van der Waals surface area contributed by atoms with Crippen molar-refractivity contribution in [1.82, 2.24) is 14.8 Å². The van der Waals surface area contributed by atoms with Gasteiger partial charge in [0.15, 0.2) is 5.78 Å². The van der Waals surface area contributed by atoms with Gasteiger partial charge < -0.3 is 9.47 Å². The van der Waals surface area contributed by atoms with Crippen molar-refractivity contribution in [3.63, 3.8) is 0 Å². The van der Waals surface area contributed by atoms with E-state index in [1.54, 1.807) is 36.2 Å². The first-order valence-corrected chi connectivity index (χ1v) is 10.6. The molecule has 1 aliphatic heterocycles. The molecule has 0 spiro atoms. The molecule has 1 aliphatic carbocycles. The Morgan fingerprint density at radius 3 is 2.83 bits per heavy atom. The molecule has 8 heteroatoms. The Morgan fingerprint density at radius 1 is 1.33 bits per heavy atom. The van der Waals surface area contributed by atoms with Crippen LogP contribution in [0.15, 0.2) is 48.1 Å². The van der Waals surface area contributed by atoms with Gasteiger partial charge in [-0.1, -0.05) is 18.2 Å². The lowest BCUT2D eigenvalue weighted by Gasteiger charge is -2.24. The second-order valence-electron chi connectivity index (χ2n) is 7.45. The van der Waals surface area contributed by atoms with Gasteiger partial charge in [0.1, 0.15) is 5.56 Å². The number of aromatic nitrogens is 3. The minimum atomic E-state index is -0.355. The summed E-state index contributed by atoms with van der Waals surface area (Å²) in [6.45, 7) is 3.74. The standard InChI is InChI=1S/C22H24N3O4P/c1-2-29-22(27)19-11-25(24-21(19)16-12-28-13-16)10-14-3-4-17(23-9-14)7-15-8-18(30)5-6-20(15)26/h3-6,8-9,11,15-16H,2,7,10,12-13,30H2,1H3. The van der Waals surface area contributed by atoms with Gasteiger partial charge in [0.2, 0.25) is 0 Å². The molecule has 156 valence electrons. The third-order valence-electron chi connectivity index (χ3n) is 5.17. The van der Waals surface area contributed by atoms with E-state index < -0.39 is 0 Å². The number of carbonyl (C=O) groups excluding carboxylic acids is 2. The topological polar surface area (TPSA) is 83.3 Å². The van der Waals surface area contributed by atoms with Crippen molar-refractivity contribution in [1.29, 1.82) is 0 Å². The number of nitrogens with zero attached hydrogens (tertiary/aromatic N) is 3. The molecule has 0 bridgehead atoms. The van der Waals surface area contributed by atoms with Crippen LogP contribution in [0.3, 0.4) is 0 Å². The van der Waals surface area contributed by atoms with E-state index in [-0.39, 0.29) is 23.6 Å². The number of carbonyl (C=O) groups is 2. The van der Waals surface area contributed by atoms with Crippen LogP contribution in [0.2, 0.25) is 0 Å². The van der Waals surface area contributed by atoms with Gasteiger partial charge in [-0.05, 0) is 29.9 Å². The first-order valence-electron chi connectivity index (χ1n) is 9.98. The van der Waals surface area contributed by atoms with Gasteiger partial charge in [0.05, 0.1) is 38.0 Å². The van der Waals surface area contributed by atoms with Crippen molar-refractivity contribution in [3.8, 4) is 0 Å². The summed E-state index contributed by atoms with van der Waals surface area (Å²) in [5.41, 5.74) is 3.05. The number of ketones is 1. The molecule has 2 aliphatic rings. The Hall–Kier alpha value is -2.63.